The zero-order valence-electron chi connectivity index (χ0n) is 14.2. The highest BCUT2D eigenvalue weighted by atomic mass is 79.9. The first-order valence-electron chi connectivity index (χ1n) is 7.83. The van der Waals surface area contributed by atoms with Crippen LogP contribution in [0.5, 0.6) is 0 Å². The van der Waals surface area contributed by atoms with E-state index < -0.39 is 5.91 Å². The lowest BCUT2D eigenvalue weighted by Gasteiger charge is -2.12. The first-order valence-corrected chi connectivity index (χ1v) is 8.63. The van der Waals surface area contributed by atoms with Crippen LogP contribution in [-0.2, 0) is 6.54 Å². The van der Waals surface area contributed by atoms with Crippen LogP contribution in [0.1, 0.15) is 46.4 Å². The van der Waals surface area contributed by atoms with Gasteiger partial charge in [0.1, 0.15) is 6.54 Å². The largest absolute Gasteiger partial charge is 0.341 e. The normalized spacial score (nSPS) is 12.2. The Morgan fingerprint density at radius 3 is 2.68 bits per heavy atom. The molecule has 1 N–H and O–H groups in total. The highest BCUT2D eigenvalue weighted by Crippen LogP contribution is 2.20. The van der Waals surface area contributed by atoms with Gasteiger partial charge in [0.25, 0.3) is 0 Å². The van der Waals surface area contributed by atoms with Crippen LogP contribution in [-0.4, -0.2) is 25.8 Å². The van der Waals surface area contributed by atoms with Gasteiger partial charge >= 0.3 is 11.8 Å². The molecule has 8 heteroatoms. The molecule has 130 valence electrons. The van der Waals surface area contributed by atoms with Crippen molar-refractivity contribution in [1.82, 2.24) is 25.2 Å². The van der Waals surface area contributed by atoms with Crippen molar-refractivity contribution in [3.05, 3.63) is 63.5 Å². The Kier molecular flexibility index (Phi) is 4.98. The third-order valence-corrected chi connectivity index (χ3v) is 5.04. The molecule has 3 aromatic rings. The van der Waals surface area contributed by atoms with Gasteiger partial charge in [0.2, 0.25) is 0 Å². The fourth-order valence-electron chi connectivity index (χ4n) is 2.46. The second kappa shape index (κ2) is 7.18. The van der Waals surface area contributed by atoms with Crippen molar-refractivity contribution in [2.45, 2.75) is 33.4 Å². The number of hydrogen-bond acceptors (Lipinski definition) is 5. The average Bonchev–Trinajstić information content (AvgIpc) is 3.17. The number of rotatable bonds is 5. The molecule has 0 saturated carbocycles. The first kappa shape index (κ1) is 17.3. The van der Waals surface area contributed by atoms with Crippen LogP contribution in [0.4, 0.5) is 0 Å². The lowest BCUT2D eigenvalue weighted by molar-refractivity contribution is 0.0895. The second-order valence-electron chi connectivity index (χ2n) is 5.76. The molecular weight excluding hydrogens is 386 g/mol. The number of aromatic nitrogens is 4. The molecule has 2 aromatic heterocycles. The van der Waals surface area contributed by atoms with E-state index in [1.807, 2.05) is 51.1 Å². The predicted octanol–water partition coefficient (Wildman–Crippen LogP) is 3.18. The maximum atomic E-state index is 12.3. The summed E-state index contributed by atoms with van der Waals surface area (Å²) in [5.41, 5.74) is 2.85. The Morgan fingerprint density at radius 2 is 2.04 bits per heavy atom. The summed E-state index contributed by atoms with van der Waals surface area (Å²) in [5, 5.41) is 11.1. The molecule has 0 bridgehead atoms. The Hall–Kier alpha value is -2.48. The molecule has 0 spiro atoms. The van der Waals surface area contributed by atoms with Gasteiger partial charge in [-0.05, 0) is 42.3 Å². The summed E-state index contributed by atoms with van der Waals surface area (Å²) in [4.78, 5) is 16.4. The molecule has 0 aliphatic heterocycles. The number of amides is 1. The van der Waals surface area contributed by atoms with Crippen LogP contribution in [0, 0.1) is 13.8 Å². The molecule has 2 heterocycles. The lowest BCUT2D eigenvalue weighted by Crippen LogP contribution is -2.26. The number of carbonyl (C=O) groups is 1. The van der Waals surface area contributed by atoms with Crippen molar-refractivity contribution < 1.29 is 9.32 Å². The Balaban J connectivity index is 1.68. The van der Waals surface area contributed by atoms with Crippen molar-refractivity contribution in [3.8, 4) is 0 Å². The molecule has 25 heavy (non-hydrogen) atoms. The zero-order chi connectivity index (χ0) is 18.0. The number of aryl methyl sites for hydroxylation is 1. The van der Waals surface area contributed by atoms with Crippen molar-refractivity contribution >= 4 is 21.8 Å². The average molecular weight is 404 g/mol. The van der Waals surface area contributed by atoms with E-state index in [2.05, 4.69) is 36.5 Å². The molecule has 0 aliphatic carbocycles. The maximum absolute atomic E-state index is 12.3. The maximum Gasteiger partial charge on any atom is 0.316 e. The van der Waals surface area contributed by atoms with Crippen LogP contribution >= 0.6 is 15.9 Å². The van der Waals surface area contributed by atoms with Crippen LogP contribution in [0.2, 0.25) is 0 Å². The fraction of sp³-hybridized carbons (Fsp3) is 0.294. The van der Waals surface area contributed by atoms with Crippen LogP contribution in [0.3, 0.4) is 0 Å². The number of hydrogen-bond donors (Lipinski definition) is 1. The van der Waals surface area contributed by atoms with Crippen molar-refractivity contribution in [1.29, 1.82) is 0 Å². The third-order valence-electron chi connectivity index (χ3n) is 3.89. The number of halogens is 1. The van der Waals surface area contributed by atoms with Gasteiger partial charge in [0.15, 0.2) is 5.82 Å². The summed E-state index contributed by atoms with van der Waals surface area (Å²) in [6.07, 6.45) is 0. The second-order valence-corrected chi connectivity index (χ2v) is 6.56. The quantitative estimate of drug-likeness (QED) is 0.706. The number of benzene rings is 1. The number of nitrogens with zero attached hydrogens (tertiary/aromatic N) is 4. The molecule has 7 nitrogen and oxygen atoms in total. The standard InChI is InChI=1S/C17H18BrN5O2/c1-10(13-7-5-4-6-8-13)19-16(24)17-20-14(22-25-17)9-23-12(3)15(18)11(2)21-23/h4-8,10H,9H2,1-3H3,(H,19,24)/t10-/m0/s1. The monoisotopic (exact) mass is 403 g/mol. The highest BCUT2D eigenvalue weighted by Gasteiger charge is 2.19. The third kappa shape index (κ3) is 3.79. The van der Waals surface area contributed by atoms with Gasteiger partial charge in [-0.2, -0.15) is 10.1 Å². The molecule has 1 amide bonds. The van der Waals surface area contributed by atoms with Gasteiger partial charge < -0.3 is 9.84 Å². The van der Waals surface area contributed by atoms with Gasteiger partial charge in [0.05, 0.1) is 21.9 Å². The fourth-order valence-corrected chi connectivity index (χ4v) is 2.74. The predicted molar refractivity (Wildman–Crippen MR) is 95.1 cm³/mol. The number of carbonyl (C=O) groups excluding carboxylic acids is 1. The summed E-state index contributed by atoms with van der Waals surface area (Å²) >= 11 is 3.48. The van der Waals surface area contributed by atoms with E-state index >= 15 is 0 Å². The SMILES string of the molecule is Cc1nn(Cc2noc(C(=O)N[C@@H](C)c3ccccc3)n2)c(C)c1Br. The van der Waals surface area contributed by atoms with Gasteiger partial charge in [-0.1, -0.05) is 35.5 Å². The summed E-state index contributed by atoms with van der Waals surface area (Å²) < 4.78 is 7.80. The van der Waals surface area contributed by atoms with Crippen molar-refractivity contribution in [2.75, 3.05) is 0 Å². The van der Waals surface area contributed by atoms with E-state index in [-0.39, 0.29) is 11.9 Å². The Bertz CT molecular complexity index is 888. The first-order chi connectivity index (χ1) is 12.0. The molecule has 0 fully saturated rings. The summed E-state index contributed by atoms with van der Waals surface area (Å²) in [6, 6.07) is 9.52. The van der Waals surface area contributed by atoms with E-state index in [0.717, 1.165) is 21.4 Å². The van der Waals surface area contributed by atoms with Gasteiger partial charge in [-0.3, -0.25) is 9.48 Å². The summed E-state index contributed by atoms with van der Waals surface area (Å²) in [5.74, 6) is -0.0568. The minimum atomic E-state index is -0.398. The zero-order valence-corrected chi connectivity index (χ0v) is 15.7. The molecule has 0 radical (unpaired) electrons. The van der Waals surface area contributed by atoms with Gasteiger partial charge in [-0.25, -0.2) is 0 Å². The molecular formula is C17H18BrN5O2. The summed E-state index contributed by atoms with van der Waals surface area (Å²) in [7, 11) is 0. The van der Waals surface area contributed by atoms with E-state index in [1.165, 1.54) is 0 Å². The van der Waals surface area contributed by atoms with Gasteiger partial charge in [-0.15, -0.1) is 0 Å². The molecule has 3 rings (SSSR count). The van der Waals surface area contributed by atoms with Crippen LogP contribution in [0.25, 0.3) is 0 Å². The van der Waals surface area contributed by atoms with E-state index in [4.69, 9.17) is 4.52 Å². The lowest BCUT2D eigenvalue weighted by atomic mass is 10.1. The van der Waals surface area contributed by atoms with E-state index in [1.54, 1.807) is 4.68 Å². The molecule has 0 aliphatic rings. The molecule has 1 atom stereocenters. The Morgan fingerprint density at radius 1 is 1.32 bits per heavy atom. The van der Waals surface area contributed by atoms with Crippen LogP contribution < -0.4 is 5.32 Å². The minimum Gasteiger partial charge on any atom is -0.341 e. The topological polar surface area (TPSA) is 85.8 Å². The molecule has 1 aromatic carbocycles. The number of nitrogens with one attached hydrogen (secondary N) is 1. The Labute approximate surface area is 153 Å². The minimum absolute atomic E-state index is 0.0571. The highest BCUT2D eigenvalue weighted by molar-refractivity contribution is 9.10. The van der Waals surface area contributed by atoms with E-state index in [9.17, 15) is 4.79 Å². The van der Waals surface area contributed by atoms with Crippen molar-refractivity contribution in [3.63, 3.8) is 0 Å². The van der Waals surface area contributed by atoms with Crippen LogP contribution in [0.15, 0.2) is 39.3 Å². The van der Waals surface area contributed by atoms with E-state index in [0.29, 0.717) is 12.4 Å². The summed E-state index contributed by atoms with van der Waals surface area (Å²) in [6.45, 7) is 6.09. The molecule has 0 saturated heterocycles. The van der Waals surface area contributed by atoms with Crippen molar-refractivity contribution in [2.24, 2.45) is 0 Å². The van der Waals surface area contributed by atoms with Gasteiger partial charge in [0, 0.05) is 0 Å². The smallest absolute Gasteiger partial charge is 0.316 e. The molecule has 0 unspecified atom stereocenters.